The van der Waals surface area contributed by atoms with E-state index in [0.717, 1.165) is 4.47 Å². The molecule has 0 N–H and O–H groups in total. The van der Waals surface area contributed by atoms with E-state index >= 15 is 0 Å². The van der Waals surface area contributed by atoms with Gasteiger partial charge in [-0.15, -0.1) is 0 Å². The topological polar surface area (TPSA) is 35.5 Å². The summed E-state index contributed by atoms with van der Waals surface area (Å²) in [7, 11) is 3.07. The summed E-state index contributed by atoms with van der Waals surface area (Å²) in [6, 6.07) is 10.2. The number of hydrogen-bond acceptors (Lipinski definition) is 3. The van der Waals surface area contributed by atoms with Crippen LogP contribution in [0.5, 0.6) is 11.5 Å². The Morgan fingerprint density at radius 3 is 2.35 bits per heavy atom. The van der Waals surface area contributed by atoms with Crippen LogP contribution in [0.1, 0.15) is 15.9 Å². The zero-order valence-electron chi connectivity index (χ0n) is 10.9. The molecule has 3 nitrogen and oxygen atoms in total. The van der Waals surface area contributed by atoms with Crippen molar-refractivity contribution in [2.24, 2.45) is 0 Å². The molecule has 0 heterocycles. The van der Waals surface area contributed by atoms with E-state index in [1.807, 2.05) is 0 Å². The Balaban J connectivity index is 2.43. The number of ketones is 1. The van der Waals surface area contributed by atoms with E-state index in [0.29, 0.717) is 27.6 Å². The second-order valence-corrected chi connectivity index (χ2v) is 5.35. The second kappa shape index (κ2) is 6.29. The number of ether oxygens (including phenoxy) is 2. The summed E-state index contributed by atoms with van der Waals surface area (Å²) in [5.74, 6) is 0.918. The van der Waals surface area contributed by atoms with Crippen molar-refractivity contribution in [1.82, 2.24) is 0 Å². The van der Waals surface area contributed by atoms with Gasteiger partial charge in [0.25, 0.3) is 0 Å². The maximum Gasteiger partial charge on any atom is 0.194 e. The van der Waals surface area contributed by atoms with E-state index in [1.165, 1.54) is 7.11 Å². The first-order valence-electron chi connectivity index (χ1n) is 5.78. The molecule has 0 aliphatic carbocycles. The third kappa shape index (κ3) is 2.97. The quantitative estimate of drug-likeness (QED) is 0.765. The molecule has 0 spiro atoms. The van der Waals surface area contributed by atoms with Crippen LogP contribution in [0.2, 0.25) is 5.02 Å². The second-order valence-electron chi connectivity index (χ2n) is 4.02. The maximum atomic E-state index is 12.5. The lowest BCUT2D eigenvalue weighted by atomic mass is 10.0. The van der Waals surface area contributed by atoms with Crippen LogP contribution in [-0.4, -0.2) is 20.0 Å². The maximum absolute atomic E-state index is 12.5. The summed E-state index contributed by atoms with van der Waals surface area (Å²) in [5, 5.41) is 0.402. The van der Waals surface area contributed by atoms with Gasteiger partial charge < -0.3 is 9.47 Å². The molecular formula is C15H12BrClO3. The Hall–Kier alpha value is -1.52. The van der Waals surface area contributed by atoms with Crippen LogP contribution in [0, 0.1) is 0 Å². The van der Waals surface area contributed by atoms with Crippen LogP contribution in [0.4, 0.5) is 0 Å². The SMILES string of the molecule is COc1ccc(C(=O)c2ccc(Br)cc2Cl)cc1OC. The number of carbonyl (C=O) groups is 1. The normalized spacial score (nSPS) is 10.2. The van der Waals surface area contributed by atoms with Crippen LogP contribution < -0.4 is 9.47 Å². The molecule has 104 valence electrons. The van der Waals surface area contributed by atoms with E-state index in [-0.39, 0.29) is 5.78 Å². The highest BCUT2D eigenvalue weighted by atomic mass is 79.9. The van der Waals surface area contributed by atoms with Crippen molar-refractivity contribution >= 4 is 33.3 Å². The van der Waals surface area contributed by atoms with Gasteiger partial charge in [-0.3, -0.25) is 4.79 Å². The minimum Gasteiger partial charge on any atom is -0.493 e. The molecule has 20 heavy (non-hydrogen) atoms. The summed E-state index contributed by atoms with van der Waals surface area (Å²) in [5.41, 5.74) is 0.939. The predicted octanol–water partition coefficient (Wildman–Crippen LogP) is 4.35. The van der Waals surface area contributed by atoms with Crippen molar-refractivity contribution in [3.05, 3.63) is 57.0 Å². The lowest BCUT2D eigenvalue weighted by molar-refractivity contribution is 0.103. The molecule has 0 fully saturated rings. The highest BCUT2D eigenvalue weighted by Gasteiger charge is 2.15. The lowest BCUT2D eigenvalue weighted by Crippen LogP contribution is -2.03. The fraction of sp³-hybridized carbons (Fsp3) is 0.133. The minimum atomic E-state index is -0.163. The summed E-state index contributed by atoms with van der Waals surface area (Å²) in [6.45, 7) is 0. The molecule has 2 rings (SSSR count). The van der Waals surface area contributed by atoms with Crippen molar-refractivity contribution in [2.45, 2.75) is 0 Å². The Morgan fingerprint density at radius 1 is 1.05 bits per heavy atom. The van der Waals surface area contributed by atoms with Gasteiger partial charge in [0, 0.05) is 15.6 Å². The molecule has 0 saturated carbocycles. The third-order valence-corrected chi connectivity index (χ3v) is 3.63. The first kappa shape index (κ1) is 14.9. The molecule has 0 aromatic heterocycles. The van der Waals surface area contributed by atoms with E-state index < -0.39 is 0 Å². The first-order chi connectivity index (χ1) is 9.56. The zero-order chi connectivity index (χ0) is 14.7. The molecule has 0 radical (unpaired) electrons. The minimum absolute atomic E-state index is 0.163. The number of carbonyl (C=O) groups excluding carboxylic acids is 1. The fourth-order valence-electron chi connectivity index (χ4n) is 1.81. The van der Waals surface area contributed by atoms with Gasteiger partial charge in [0.05, 0.1) is 19.2 Å². The summed E-state index contributed by atoms with van der Waals surface area (Å²) in [6.07, 6.45) is 0. The predicted molar refractivity (Wildman–Crippen MR) is 82.1 cm³/mol. The Morgan fingerprint density at radius 2 is 1.75 bits per heavy atom. The van der Waals surface area contributed by atoms with Crippen molar-refractivity contribution < 1.29 is 14.3 Å². The van der Waals surface area contributed by atoms with Crippen LogP contribution in [0.15, 0.2) is 40.9 Å². The fourth-order valence-corrected chi connectivity index (χ4v) is 2.57. The molecule has 2 aromatic rings. The summed E-state index contributed by atoms with van der Waals surface area (Å²) < 4.78 is 11.2. The van der Waals surface area contributed by atoms with E-state index in [1.54, 1.807) is 43.5 Å². The van der Waals surface area contributed by atoms with E-state index in [2.05, 4.69) is 15.9 Å². The molecule has 0 saturated heterocycles. The molecule has 0 aliphatic rings. The van der Waals surface area contributed by atoms with Gasteiger partial charge in [-0.05, 0) is 36.4 Å². The highest BCUT2D eigenvalue weighted by molar-refractivity contribution is 9.10. The molecule has 0 bridgehead atoms. The van der Waals surface area contributed by atoms with E-state index in [4.69, 9.17) is 21.1 Å². The summed E-state index contributed by atoms with van der Waals surface area (Å²) in [4.78, 5) is 12.5. The van der Waals surface area contributed by atoms with Gasteiger partial charge in [-0.1, -0.05) is 27.5 Å². The van der Waals surface area contributed by atoms with Gasteiger partial charge in [0.1, 0.15) is 0 Å². The molecule has 0 aliphatic heterocycles. The Kier molecular flexibility index (Phi) is 4.68. The zero-order valence-corrected chi connectivity index (χ0v) is 13.3. The van der Waals surface area contributed by atoms with Gasteiger partial charge in [-0.25, -0.2) is 0 Å². The molecular weight excluding hydrogens is 344 g/mol. The van der Waals surface area contributed by atoms with Crippen LogP contribution in [0.3, 0.4) is 0 Å². The van der Waals surface area contributed by atoms with Crippen LogP contribution >= 0.6 is 27.5 Å². The number of halogens is 2. The average Bonchev–Trinajstić information content (AvgIpc) is 2.45. The number of methoxy groups -OCH3 is 2. The van der Waals surface area contributed by atoms with Crippen molar-refractivity contribution in [2.75, 3.05) is 14.2 Å². The van der Waals surface area contributed by atoms with Crippen LogP contribution in [0.25, 0.3) is 0 Å². The molecule has 2 aromatic carbocycles. The van der Waals surface area contributed by atoms with Crippen molar-refractivity contribution in [3.63, 3.8) is 0 Å². The molecule has 0 unspecified atom stereocenters. The van der Waals surface area contributed by atoms with E-state index in [9.17, 15) is 4.79 Å². The smallest absolute Gasteiger partial charge is 0.194 e. The van der Waals surface area contributed by atoms with Gasteiger partial charge >= 0.3 is 0 Å². The average molecular weight is 356 g/mol. The first-order valence-corrected chi connectivity index (χ1v) is 6.95. The van der Waals surface area contributed by atoms with Gasteiger partial charge in [0.15, 0.2) is 17.3 Å². The van der Waals surface area contributed by atoms with Crippen LogP contribution in [-0.2, 0) is 0 Å². The number of rotatable bonds is 4. The van der Waals surface area contributed by atoms with Crippen molar-refractivity contribution in [3.8, 4) is 11.5 Å². The van der Waals surface area contributed by atoms with Crippen molar-refractivity contribution in [1.29, 1.82) is 0 Å². The van der Waals surface area contributed by atoms with Gasteiger partial charge in [-0.2, -0.15) is 0 Å². The molecule has 0 atom stereocenters. The Labute approximate surface area is 130 Å². The lowest BCUT2D eigenvalue weighted by Gasteiger charge is -2.09. The summed E-state index contributed by atoms with van der Waals surface area (Å²) >= 11 is 9.41. The Bertz CT molecular complexity index is 656. The highest BCUT2D eigenvalue weighted by Crippen LogP contribution is 2.30. The standard InChI is InChI=1S/C15H12BrClO3/c1-19-13-6-3-9(7-14(13)20-2)15(18)11-5-4-10(16)8-12(11)17/h3-8H,1-2H3. The number of benzene rings is 2. The third-order valence-electron chi connectivity index (χ3n) is 2.82. The molecule has 5 heteroatoms. The molecule has 0 amide bonds. The van der Waals surface area contributed by atoms with Gasteiger partial charge in [0.2, 0.25) is 0 Å². The largest absolute Gasteiger partial charge is 0.493 e. The number of hydrogen-bond donors (Lipinski definition) is 0. The monoisotopic (exact) mass is 354 g/mol.